The minimum absolute atomic E-state index is 0.158. The second kappa shape index (κ2) is 5.87. The van der Waals surface area contributed by atoms with Crippen molar-refractivity contribution < 1.29 is 0 Å². The van der Waals surface area contributed by atoms with Gasteiger partial charge in [0.05, 0.1) is 6.54 Å². The Balaban J connectivity index is 1.76. The monoisotopic (exact) mass is 301 g/mol. The van der Waals surface area contributed by atoms with Gasteiger partial charge in [0.25, 0.3) is 0 Å². The molecule has 1 aromatic carbocycles. The quantitative estimate of drug-likeness (QED) is 0.942. The Morgan fingerprint density at radius 2 is 2.10 bits per heavy atom. The lowest BCUT2D eigenvalue weighted by atomic mass is 9.94. The molecule has 3 nitrogen and oxygen atoms in total. The van der Waals surface area contributed by atoms with Gasteiger partial charge in [0.2, 0.25) is 0 Å². The van der Waals surface area contributed by atoms with E-state index in [1.54, 1.807) is 11.3 Å². The fraction of sp³-hybridized carbons (Fsp3) is 0.471. The summed E-state index contributed by atoms with van der Waals surface area (Å²) >= 11 is 1.77. The van der Waals surface area contributed by atoms with Crippen LogP contribution < -0.4 is 5.32 Å². The number of nitrogens with one attached hydrogen (secondary N) is 1. The Kier molecular flexibility index (Phi) is 4.11. The van der Waals surface area contributed by atoms with E-state index in [-0.39, 0.29) is 5.54 Å². The molecule has 0 bridgehead atoms. The lowest BCUT2D eigenvalue weighted by molar-refractivity contribution is 0.0582. The van der Waals surface area contributed by atoms with Gasteiger partial charge in [-0.15, -0.1) is 11.3 Å². The van der Waals surface area contributed by atoms with Crippen molar-refractivity contribution in [2.45, 2.75) is 38.9 Å². The topological polar surface area (TPSA) is 28.2 Å². The SMILES string of the molecule is Cc1csc(CN2CC(c3ccccc3)NCC2(C)C)n1. The standard InChI is InChI=1S/C17H23N3S/c1-13-11-21-16(19-13)10-20-9-15(18-12-17(20,2)3)14-7-5-4-6-8-14/h4-8,11,15,18H,9-10,12H2,1-3H3. The van der Waals surface area contributed by atoms with Gasteiger partial charge in [-0.2, -0.15) is 0 Å². The molecular formula is C17H23N3S. The highest BCUT2D eigenvalue weighted by Crippen LogP contribution is 2.28. The molecule has 112 valence electrons. The predicted molar refractivity (Wildman–Crippen MR) is 88.5 cm³/mol. The van der Waals surface area contributed by atoms with Crippen molar-refractivity contribution >= 4 is 11.3 Å². The molecule has 1 N–H and O–H groups in total. The van der Waals surface area contributed by atoms with Crippen LogP contribution in [-0.2, 0) is 6.54 Å². The molecule has 0 spiro atoms. The molecule has 1 atom stereocenters. The van der Waals surface area contributed by atoms with Crippen molar-refractivity contribution in [1.82, 2.24) is 15.2 Å². The van der Waals surface area contributed by atoms with Crippen molar-refractivity contribution in [2.24, 2.45) is 0 Å². The van der Waals surface area contributed by atoms with Gasteiger partial charge in [-0.3, -0.25) is 4.90 Å². The van der Waals surface area contributed by atoms with Gasteiger partial charge in [0.1, 0.15) is 5.01 Å². The minimum Gasteiger partial charge on any atom is -0.307 e. The highest BCUT2D eigenvalue weighted by atomic mass is 32.1. The first-order chi connectivity index (χ1) is 10.0. The van der Waals surface area contributed by atoms with E-state index >= 15 is 0 Å². The van der Waals surface area contributed by atoms with E-state index in [2.05, 4.69) is 71.7 Å². The molecule has 1 unspecified atom stereocenters. The van der Waals surface area contributed by atoms with Crippen LogP contribution in [0, 0.1) is 6.92 Å². The van der Waals surface area contributed by atoms with E-state index in [1.165, 1.54) is 10.6 Å². The van der Waals surface area contributed by atoms with Crippen LogP contribution in [0.5, 0.6) is 0 Å². The summed E-state index contributed by atoms with van der Waals surface area (Å²) in [5.41, 5.74) is 2.65. The van der Waals surface area contributed by atoms with Crippen molar-refractivity contribution in [2.75, 3.05) is 13.1 Å². The Morgan fingerprint density at radius 1 is 1.33 bits per heavy atom. The Bertz CT molecular complexity index is 591. The predicted octanol–water partition coefficient (Wildman–Crippen LogP) is 3.38. The first-order valence-electron chi connectivity index (χ1n) is 7.49. The molecule has 1 saturated heterocycles. The fourth-order valence-electron chi connectivity index (χ4n) is 2.84. The normalized spacial score (nSPS) is 22.3. The van der Waals surface area contributed by atoms with Crippen LogP contribution in [0.15, 0.2) is 35.7 Å². The third-order valence-electron chi connectivity index (χ3n) is 4.23. The molecule has 0 aliphatic carbocycles. The number of piperazine rings is 1. The maximum Gasteiger partial charge on any atom is 0.107 e. The zero-order chi connectivity index (χ0) is 14.9. The number of nitrogens with zero attached hydrogens (tertiary/aromatic N) is 2. The van der Waals surface area contributed by atoms with Crippen LogP contribution in [0.2, 0.25) is 0 Å². The van der Waals surface area contributed by atoms with E-state index in [9.17, 15) is 0 Å². The number of aromatic nitrogens is 1. The smallest absolute Gasteiger partial charge is 0.107 e. The van der Waals surface area contributed by atoms with Gasteiger partial charge in [-0.1, -0.05) is 30.3 Å². The number of hydrogen-bond donors (Lipinski definition) is 1. The molecule has 0 amide bonds. The van der Waals surface area contributed by atoms with Gasteiger partial charge in [0.15, 0.2) is 0 Å². The van der Waals surface area contributed by atoms with E-state index in [1.807, 2.05) is 0 Å². The second-order valence-electron chi connectivity index (χ2n) is 6.42. The van der Waals surface area contributed by atoms with Gasteiger partial charge in [-0.05, 0) is 26.3 Å². The van der Waals surface area contributed by atoms with Gasteiger partial charge < -0.3 is 5.32 Å². The molecule has 1 aliphatic rings. The fourth-order valence-corrected chi connectivity index (χ4v) is 3.63. The molecule has 3 rings (SSSR count). The van der Waals surface area contributed by atoms with E-state index in [0.717, 1.165) is 25.3 Å². The van der Waals surface area contributed by atoms with Gasteiger partial charge in [0, 0.05) is 35.7 Å². The molecule has 4 heteroatoms. The summed E-state index contributed by atoms with van der Waals surface area (Å²) in [5.74, 6) is 0. The summed E-state index contributed by atoms with van der Waals surface area (Å²) in [6, 6.07) is 11.1. The van der Waals surface area contributed by atoms with Gasteiger partial charge >= 0.3 is 0 Å². The summed E-state index contributed by atoms with van der Waals surface area (Å²) in [4.78, 5) is 7.18. The van der Waals surface area contributed by atoms with Crippen LogP contribution in [0.25, 0.3) is 0 Å². The largest absolute Gasteiger partial charge is 0.307 e. The third kappa shape index (κ3) is 3.34. The molecule has 1 aromatic heterocycles. The van der Waals surface area contributed by atoms with Crippen LogP contribution in [0.3, 0.4) is 0 Å². The molecule has 2 heterocycles. The molecule has 1 fully saturated rings. The maximum atomic E-state index is 4.62. The Morgan fingerprint density at radius 3 is 2.76 bits per heavy atom. The second-order valence-corrected chi connectivity index (χ2v) is 7.36. The van der Waals surface area contributed by atoms with Crippen molar-refractivity contribution in [3.05, 3.63) is 52.0 Å². The summed E-state index contributed by atoms with van der Waals surface area (Å²) in [7, 11) is 0. The van der Waals surface area contributed by atoms with Crippen LogP contribution in [0.1, 0.15) is 36.2 Å². The summed E-state index contributed by atoms with van der Waals surface area (Å²) in [6.07, 6.45) is 0. The number of hydrogen-bond acceptors (Lipinski definition) is 4. The van der Waals surface area contributed by atoms with Crippen LogP contribution in [-0.4, -0.2) is 28.5 Å². The zero-order valence-corrected chi connectivity index (χ0v) is 13.8. The molecule has 21 heavy (non-hydrogen) atoms. The number of thiazole rings is 1. The van der Waals surface area contributed by atoms with Crippen LogP contribution in [0.4, 0.5) is 0 Å². The molecule has 0 saturated carbocycles. The van der Waals surface area contributed by atoms with Crippen LogP contribution >= 0.6 is 11.3 Å². The lowest BCUT2D eigenvalue weighted by Crippen LogP contribution is -2.58. The molecule has 0 radical (unpaired) electrons. The maximum absolute atomic E-state index is 4.62. The number of aryl methyl sites for hydroxylation is 1. The van der Waals surface area contributed by atoms with E-state index in [4.69, 9.17) is 0 Å². The highest BCUT2D eigenvalue weighted by Gasteiger charge is 2.34. The number of benzene rings is 1. The molecular weight excluding hydrogens is 278 g/mol. The molecule has 2 aromatic rings. The lowest BCUT2D eigenvalue weighted by Gasteiger charge is -2.46. The Labute approximate surface area is 131 Å². The summed E-state index contributed by atoms with van der Waals surface area (Å²) in [6.45, 7) is 9.64. The summed E-state index contributed by atoms with van der Waals surface area (Å²) < 4.78 is 0. The average molecular weight is 301 g/mol. The van der Waals surface area contributed by atoms with E-state index in [0.29, 0.717) is 6.04 Å². The molecule has 1 aliphatic heterocycles. The van der Waals surface area contributed by atoms with E-state index < -0.39 is 0 Å². The Hall–Kier alpha value is -1.23. The van der Waals surface area contributed by atoms with Crippen molar-refractivity contribution in [3.63, 3.8) is 0 Å². The van der Waals surface area contributed by atoms with Crippen molar-refractivity contribution in [3.8, 4) is 0 Å². The first-order valence-corrected chi connectivity index (χ1v) is 8.37. The van der Waals surface area contributed by atoms with Gasteiger partial charge in [-0.25, -0.2) is 4.98 Å². The summed E-state index contributed by atoms with van der Waals surface area (Å²) in [5, 5.41) is 7.04. The average Bonchev–Trinajstić information content (AvgIpc) is 2.87. The highest BCUT2D eigenvalue weighted by molar-refractivity contribution is 7.09. The third-order valence-corrected chi connectivity index (χ3v) is 5.19. The zero-order valence-electron chi connectivity index (χ0n) is 13.0. The van der Waals surface area contributed by atoms with Crippen molar-refractivity contribution in [1.29, 1.82) is 0 Å². The number of rotatable bonds is 3. The first kappa shape index (κ1) is 14.7. The minimum atomic E-state index is 0.158.